The van der Waals surface area contributed by atoms with Crippen molar-refractivity contribution in [1.29, 1.82) is 0 Å². The molecule has 0 aromatic carbocycles. The lowest BCUT2D eigenvalue weighted by Crippen LogP contribution is -2.24. The number of imidazole rings is 1. The molecule has 1 aliphatic heterocycles. The van der Waals surface area contributed by atoms with Gasteiger partial charge in [-0.15, -0.1) is 0 Å². The third-order valence-electron chi connectivity index (χ3n) is 1.99. The summed E-state index contributed by atoms with van der Waals surface area (Å²) in [6, 6.07) is 0. The van der Waals surface area contributed by atoms with Gasteiger partial charge in [0.05, 0.1) is 6.33 Å². The van der Waals surface area contributed by atoms with E-state index in [0.717, 1.165) is 0 Å². The molecule has 0 saturated carbocycles. The molecule has 2 heterocycles. The third-order valence-corrected chi connectivity index (χ3v) is 1.99. The maximum Gasteiger partial charge on any atom is 0.0919 e. The van der Waals surface area contributed by atoms with E-state index in [4.69, 9.17) is 0 Å². The molecule has 0 unspecified atom stereocenters. The molecule has 1 aromatic rings. The van der Waals surface area contributed by atoms with Crippen LogP contribution in [0.4, 0.5) is 0 Å². The normalized spacial score (nSPS) is 18.1. The highest BCUT2D eigenvalue weighted by Gasteiger charge is 2.02. The number of likely N-dealkylation sites (tertiary alicyclic amines) is 1. The second-order valence-corrected chi connectivity index (χ2v) is 3.12. The van der Waals surface area contributed by atoms with E-state index in [1.165, 1.54) is 32.4 Å². The third kappa shape index (κ3) is 4.13. The fourth-order valence-electron chi connectivity index (χ4n) is 1.27. The molecule has 0 atom stereocenters. The molecule has 1 N–H and O–H groups in total. The topological polar surface area (TPSA) is 31.9 Å². The first kappa shape index (κ1) is 9.26. The van der Waals surface area contributed by atoms with Crippen molar-refractivity contribution < 1.29 is 0 Å². The number of aromatic amines is 1. The van der Waals surface area contributed by atoms with Crippen LogP contribution in [-0.2, 0) is 0 Å². The molecule has 0 bridgehead atoms. The van der Waals surface area contributed by atoms with E-state index in [2.05, 4.69) is 21.9 Å². The van der Waals surface area contributed by atoms with Crippen LogP contribution >= 0.6 is 0 Å². The SMILES string of the molecule is CN1CCCCC1.c1c[nH]cn1. The highest BCUT2D eigenvalue weighted by Crippen LogP contribution is 2.04. The van der Waals surface area contributed by atoms with Crippen LogP contribution in [0.3, 0.4) is 0 Å². The molecular weight excluding hydrogens is 150 g/mol. The highest BCUT2D eigenvalue weighted by molar-refractivity contribution is 4.64. The Kier molecular flexibility index (Phi) is 4.46. The van der Waals surface area contributed by atoms with Crippen LogP contribution in [0.25, 0.3) is 0 Å². The minimum atomic E-state index is 1.32. The minimum absolute atomic E-state index is 1.32. The summed E-state index contributed by atoms with van der Waals surface area (Å²) in [6.45, 7) is 2.64. The molecule has 3 nitrogen and oxygen atoms in total. The Morgan fingerprint density at radius 3 is 2.25 bits per heavy atom. The molecule has 2 rings (SSSR count). The summed E-state index contributed by atoms with van der Waals surface area (Å²) >= 11 is 0. The molecule has 1 saturated heterocycles. The van der Waals surface area contributed by atoms with Gasteiger partial charge in [0.2, 0.25) is 0 Å². The van der Waals surface area contributed by atoms with E-state index >= 15 is 0 Å². The van der Waals surface area contributed by atoms with Crippen molar-refractivity contribution in [1.82, 2.24) is 14.9 Å². The van der Waals surface area contributed by atoms with Gasteiger partial charge >= 0.3 is 0 Å². The number of hydrogen-bond donors (Lipinski definition) is 1. The lowest BCUT2D eigenvalue weighted by molar-refractivity contribution is 0.277. The summed E-state index contributed by atoms with van der Waals surface area (Å²) < 4.78 is 0. The van der Waals surface area contributed by atoms with E-state index in [1.807, 2.05) is 0 Å². The lowest BCUT2D eigenvalue weighted by atomic mass is 10.1. The van der Waals surface area contributed by atoms with E-state index < -0.39 is 0 Å². The number of rotatable bonds is 0. The van der Waals surface area contributed by atoms with Crippen molar-refractivity contribution in [3.63, 3.8) is 0 Å². The number of H-pyrrole nitrogens is 1. The van der Waals surface area contributed by atoms with Crippen molar-refractivity contribution in [3.05, 3.63) is 18.7 Å². The Labute approximate surface area is 73.8 Å². The molecule has 1 aliphatic rings. The molecule has 3 heteroatoms. The Morgan fingerprint density at radius 1 is 1.25 bits per heavy atom. The molecule has 1 aromatic heterocycles. The first-order valence-electron chi connectivity index (χ1n) is 4.51. The van der Waals surface area contributed by atoms with Crippen molar-refractivity contribution in [2.45, 2.75) is 19.3 Å². The van der Waals surface area contributed by atoms with Crippen molar-refractivity contribution in [2.75, 3.05) is 20.1 Å². The van der Waals surface area contributed by atoms with Gasteiger partial charge in [0.1, 0.15) is 0 Å². The van der Waals surface area contributed by atoms with Crippen LogP contribution in [0.1, 0.15) is 19.3 Å². The number of hydrogen-bond acceptors (Lipinski definition) is 2. The second kappa shape index (κ2) is 5.77. The van der Waals surface area contributed by atoms with Crippen molar-refractivity contribution >= 4 is 0 Å². The molecule has 0 amide bonds. The van der Waals surface area contributed by atoms with Gasteiger partial charge < -0.3 is 9.88 Å². The lowest BCUT2D eigenvalue weighted by Gasteiger charge is -2.20. The molecule has 1 fully saturated rings. The zero-order valence-electron chi connectivity index (χ0n) is 7.66. The van der Waals surface area contributed by atoms with Crippen molar-refractivity contribution in [3.8, 4) is 0 Å². The van der Waals surface area contributed by atoms with Gasteiger partial charge in [-0.2, -0.15) is 0 Å². The first-order valence-corrected chi connectivity index (χ1v) is 4.51. The standard InChI is InChI=1S/C6H13N.C3H4N2/c1-7-5-3-2-4-6-7;1-2-5-3-4-1/h2-6H2,1H3;1-3H,(H,4,5). The van der Waals surface area contributed by atoms with Gasteiger partial charge in [-0.3, -0.25) is 0 Å². The Morgan fingerprint density at radius 2 is 2.00 bits per heavy atom. The Hall–Kier alpha value is -0.830. The summed E-state index contributed by atoms with van der Waals surface area (Å²) in [4.78, 5) is 8.81. The maximum atomic E-state index is 3.67. The molecule has 0 aliphatic carbocycles. The van der Waals surface area contributed by atoms with E-state index in [0.29, 0.717) is 0 Å². The summed E-state index contributed by atoms with van der Waals surface area (Å²) in [5, 5.41) is 0. The van der Waals surface area contributed by atoms with E-state index in [1.54, 1.807) is 18.7 Å². The Balaban J connectivity index is 0.000000127. The summed E-state index contributed by atoms with van der Waals surface area (Å²) in [7, 11) is 2.19. The van der Waals surface area contributed by atoms with Crippen molar-refractivity contribution in [2.24, 2.45) is 0 Å². The smallest absolute Gasteiger partial charge is 0.0919 e. The summed E-state index contributed by atoms with van der Waals surface area (Å²) in [5.74, 6) is 0. The number of piperidine rings is 1. The van der Waals surface area contributed by atoms with Gasteiger partial charge in [0.25, 0.3) is 0 Å². The number of nitrogens with one attached hydrogen (secondary N) is 1. The monoisotopic (exact) mass is 167 g/mol. The average molecular weight is 167 g/mol. The molecule has 0 radical (unpaired) electrons. The highest BCUT2D eigenvalue weighted by atomic mass is 15.1. The van der Waals surface area contributed by atoms with Gasteiger partial charge in [-0.1, -0.05) is 6.42 Å². The zero-order chi connectivity index (χ0) is 8.65. The maximum absolute atomic E-state index is 3.67. The molecule has 0 spiro atoms. The van der Waals surface area contributed by atoms with E-state index in [9.17, 15) is 0 Å². The molecule has 68 valence electrons. The van der Waals surface area contributed by atoms with Gasteiger partial charge in [-0.25, -0.2) is 4.98 Å². The minimum Gasteiger partial charge on any atom is -0.351 e. The predicted octanol–water partition coefficient (Wildman–Crippen LogP) is 1.51. The number of aromatic nitrogens is 2. The quantitative estimate of drug-likeness (QED) is 0.635. The van der Waals surface area contributed by atoms with Crippen LogP contribution in [0.15, 0.2) is 18.7 Å². The average Bonchev–Trinajstić information content (AvgIpc) is 2.62. The van der Waals surface area contributed by atoms with Crippen LogP contribution in [0.2, 0.25) is 0 Å². The van der Waals surface area contributed by atoms with Gasteiger partial charge in [0, 0.05) is 12.4 Å². The van der Waals surface area contributed by atoms with Gasteiger partial charge in [0.15, 0.2) is 0 Å². The van der Waals surface area contributed by atoms with Crippen LogP contribution < -0.4 is 0 Å². The molecular formula is C9H17N3. The van der Waals surface area contributed by atoms with Crippen LogP contribution in [-0.4, -0.2) is 35.0 Å². The summed E-state index contributed by atoms with van der Waals surface area (Å²) in [5.41, 5.74) is 0. The zero-order valence-corrected chi connectivity index (χ0v) is 7.66. The second-order valence-electron chi connectivity index (χ2n) is 3.12. The fraction of sp³-hybridized carbons (Fsp3) is 0.667. The van der Waals surface area contributed by atoms with Crippen LogP contribution in [0.5, 0.6) is 0 Å². The number of nitrogens with zero attached hydrogens (tertiary/aromatic N) is 2. The summed E-state index contributed by atoms with van der Waals surface area (Å²) in [6.07, 6.45) is 9.36. The van der Waals surface area contributed by atoms with E-state index in [-0.39, 0.29) is 0 Å². The predicted molar refractivity (Wildman–Crippen MR) is 49.9 cm³/mol. The Bertz CT molecular complexity index is 149. The first-order chi connectivity index (χ1) is 5.89. The van der Waals surface area contributed by atoms with Gasteiger partial charge in [-0.05, 0) is 33.0 Å². The van der Waals surface area contributed by atoms with Crippen LogP contribution in [0, 0.1) is 0 Å². The largest absolute Gasteiger partial charge is 0.351 e. The fourth-order valence-corrected chi connectivity index (χ4v) is 1.27. The molecule has 12 heavy (non-hydrogen) atoms.